The SMILES string of the molecule is CC1=CC[C@@H]2[C@H]1C[C@H](C(C)C)[C@H]1C[C@]12C. The van der Waals surface area contributed by atoms with Crippen LogP contribution >= 0.6 is 0 Å². The van der Waals surface area contributed by atoms with Gasteiger partial charge in [-0.25, -0.2) is 0 Å². The van der Waals surface area contributed by atoms with Crippen molar-refractivity contribution in [2.24, 2.45) is 35.0 Å². The largest absolute Gasteiger partial charge is 0.0850 e. The van der Waals surface area contributed by atoms with Crippen molar-refractivity contribution in [2.45, 2.75) is 47.0 Å². The fraction of sp³-hybridized carbons (Fsp3) is 0.867. The van der Waals surface area contributed by atoms with Gasteiger partial charge < -0.3 is 0 Å². The van der Waals surface area contributed by atoms with Crippen molar-refractivity contribution >= 4 is 0 Å². The molecule has 0 aromatic rings. The van der Waals surface area contributed by atoms with Gasteiger partial charge in [0.15, 0.2) is 0 Å². The molecule has 3 aliphatic carbocycles. The molecule has 0 spiro atoms. The van der Waals surface area contributed by atoms with Crippen molar-refractivity contribution in [2.75, 3.05) is 0 Å². The summed E-state index contributed by atoms with van der Waals surface area (Å²) in [6.07, 6.45) is 6.93. The zero-order valence-electron chi connectivity index (χ0n) is 10.6. The van der Waals surface area contributed by atoms with Gasteiger partial charge in [-0.15, -0.1) is 0 Å². The molecule has 0 heteroatoms. The Morgan fingerprint density at radius 3 is 2.73 bits per heavy atom. The third kappa shape index (κ3) is 1.20. The summed E-state index contributed by atoms with van der Waals surface area (Å²) >= 11 is 0. The zero-order chi connectivity index (χ0) is 10.8. The molecule has 0 saturated heterocycles. The lowest BCUT2D eigenvalue weighted by atomic mass is 9.65. The van der Waals surface area contributed by atoms with Crippen molar-refractivity contribution in [3.63, 3.8) is 0 Å². The highest BCUT2D eigenvalue weighted by atomic mass is 14.7. The van der Waals surface area contributed by atoms with Crippen LogP contribution in [-0.4, -0.2) is 0 Å². The van der Waals surface area contributed by atoms with Crippen LogP contribution in [-0.2, 0) is 0 Å². The van der Waals surface area contributed by atoms with E-state index in [1.54, 1.807) is 5.57 Å². The minimum absolute atomic E-state index is 0.728. The Morgan fingerprint density at radius 2 is 2.07 bits per heavy atom. The molecule has 2 fully saturated rings. The molecule has 5 atom stereocenters. The zero-order valence-corrected chi connectivity index (χ0v) is 10.6. The fourth-order valence-corrected chi connectivity index (χ4v) is 4.70. The lowest BCUT2D eigenvalue weighted by molar-refractivity contribution is 0.114. The van der Waals surface area contributed by atoms with Gasteiger partial charge in [0.1, 0.15) is 0 Å². The molecule has 0 aromatic heterocycles. The topological polar surface area (TPSA) is 0 Å². The molecule has 0 amide bonds. The van der Waals surface area contributed by atoms with Crippen LogP contribution in [0.2, 0.25) is 0 Å². The summed E-state index contributed by atoms with van der Waals surface area (Å²) in [6.45, 7) is 9.79. The van der Waals surface area contributed by atoms with Crippen LogP contribution in [0.1, 0.15) is 47.0 Å². The summed E-state index contributed by atoms with van der Waals surface area (Å²) in [7, 11) is 0. The van der Waals surface area contributed by atoms with Crippen LogP contribution < -0.4 is 0 Å². The molecule has 0 nitrogen and oxygen atoms in total. The van der Waals surface area contributed by atoms with Crippen LogP contribution in [0.25, 0.3) is 0 Å². The number of rotatable bonds is 1. The van der Waals surface area contributed by atoms with E-state index >= 15 is 0 Å². The Bertz CT molecular complexity index is 312. The van der Waals surface area contributed by atoms with Crippen LogP contribution in [0.4, 0.5) is 0 Å². The molecule has 3 aliphatic rings. The Labute approximate surface area is 94.1 Å². The quantitative estimate of drug-likeness (QED) is 0.559. The smallest absolute Gasteiger partial charge is 0.0167 e. The van der Waals surface area contributed by atoms with Crippen molar-refractivity contribution in [3.05, 3.63) is 11.6 Å². The summed E-state index contributed by atoms with van der Waals surface area (Å²) < 4.78 is 0. The Balaban J connectivity index is 1.88. The highest BCUT2D eigenvalue weighted by Gasteiger charge is 2.63. The van der Waals surface area contributed by atoms with Crippen molar-refractivity contribution < 1.29 is 0 Å². The van der Waals surface area contributed by atoms with Gasteiger partial charge in [0, 0.05) is 0 Å². The Kier molecular flexibility index (Phi) is 1.92. The number of hydrogen-bond donors (Lipinski definition) is 0. The van der Waals surface area contributed by atoms with Gasteiger partial charge in [-0.3, -0.25) is 0 Å². The molecule has 0 heterocycles. The Morgan fingerprint density at radius 1 is 1.33 bits per heavy atom. The molecule has 0 N–H and O–H groups in total. The van der Waals surface area contributed by atoms with E-state index < -0.39 is 0 Å². The number of fused-ring (bicyclic) bond motifs is 3. The lowest BCUT2D eigenvalue weighted by Gasteiger charge is -2.39. The predicted molar refractivity (Wildman–Crippen MR) is 64.5 cm³/mol. The van der Waals surface area contributed by atoms with Gasteiger partial charge in [-0.05, 0) is 61.2 Å². The van der Waals surface area contributed by atoms with Crippen LogP contribution in [0, 0.1) is 35.0 Å². The monoisotopic (exact) mass is 204 g/mol. The Hall–Kier alpha value is -0.260. The van der Waals surface area contributed by atoms with Crippen LogP contribution in [0.15, 0.2) is 11.6 Å². The van der Waals surface area contributed by atoms with Crippen LogP contribution in [0.5, 0.6) is 0 Å². The van der Waals surface area contributed by atoms with Crippen molar-refractivity contribution in [3.8, 4) is 0 Å². The van der Waals surface area contributed by atoms with Gasteiger partial charge in [0.25, 0.3) is 0 Å². The minimum atomic E-state index is 0.728. The van der Waals surface area contributed by atoms with Crippen molar-refractivity contribution in [1.29, 1.82) is 0 Å². The fourth-order valence-electron chi connectivity index (χ4n) is 4.70. The van der Waals surface area contributed by atoms with E-state index in [2.05, 4.69) is 33.8 Å². The maximum Gasteiger partial charge on any atom is -0.0167 e. The predicted octanol–water partition coefficient (Wildman–Crippen LogP) is 4.27. The van der Waals surface area contributed by atoms with Gasteiger partial charge in [0.05, 0.1) is 0 Å². The first-order valence-electron chi connectivity index (χ1n) is 6.70. The molecule has 3 rings (SSSR count). The minimum Gasteiger partial charge on any atom is -0.0850 e. The molecule has 0 radical (unpaired) electrons. The maximum atomic E-state index is 2.57. The van der Waals surface area contributed by atoms with E-state index in [0.29, 0.717) is 0 Å². The first kappa shape index (κ1) is 9.93. The van der Waals surface area contributed by atoms with E-state index in [9.17, 15) is 0 Å². The molecule has 15 heavy (non-hydrogen) atoms. The van der Waals surface area contributed by atoms with Gasteiger partial charge in [-0.2, -0.15) is 0 Å². The van der Waals surface area contributed by atoms with Crippen LogP contribution in [0.3, 0.4) is 0 Å². The third-order valence-corrected chi connectivity index (χ3v) is 5.86. The van der Waals surface area contributed by atoms with E-state index in [1.807, 2.05) is 0 Å². The molecule has 0 unspecified atom stereocenters. The summed E-state index contributed by atoms with van der Waals surface area (Å²) in [6, 6.07) is 0. The highest BCUT2D eigenvalue weighted by Crippen LogP contribution is 2.71. The highest BCUT2D eigenvalue weighted by molar-refractivity contribution is 5.23. The number of hydrogen-bond acceptors (Lipinski definition) is 0. The first-order chi connectivity index (χ1) is 7.04. The number of allylic oxidation sites excluding steroid dienone is 2. The molecule has 0 bridgehead atoms. The van der Waals surface area contributed by atoms with E-state index in [1.165, 1.54) is 19.3 Å². The summed E-state index contributed by atoms with van der Waals surface area (Å²) in [5.41, 5.74) is 2.43. The molecule has 84 valence electrons. The average Bonchev–Trinajstić information content (AvgIpc) is 2.72. The van der Waals surface area contributed by atoms with Gasteiger partial charge in [-0.1, -0.05) is 32.4 Å². The van der Waals surface area contributed by atoms with E-state index in [-0.39, 0.29) is 0 Å². The second-order valence-electron chi connectivity index (χ2n) is 6.86. The van der Waals surface area contributed by atoms with Gasteiger partial charge in [0.2, 0.25) is 0 Å². The summed E-state index contributed by atoms with van der Waals surface area (Å²) in [5.74, 6) is 4.93. The van der Waals surface area contributed by atoms with E-state index in [0.717, 1.165) is 35.0 Å². The molecule has 0 aliphatic heterocycles. The van der Waals surface area contributed by atoms with Gasteiger partial charge >= 0.3 is 0 Å². The molecular formula is C15H24. The summed E-state index contributed by atoms with van der Waals surface area (Å²) in [5, 5.41) is 0. The first-order valence-corrected chi connectivity index (χ1v) is 6.70. The average molecular weight is 204 g/mol. The molecular weight excluding hydrogens is 180 g/mol. The lowest BCUT2D eigenvalue weighted by Crippen LogP contribution is -2.33. The summed E-state index contributed by atoms with van der Waals surface area (Å²) in [4.78, 5) is 0. The molecule has 0 aromatic carbocycles. The van der Waals surface area contributed by atoms with Crippen molar-refractivity contribution in [1.82, 2.24) is 0 Å². The van der Waals surface area contributed by atoms with E-state index in [4.69, 9.17) is 0 Å². The standard InChI is InChI=1S/C15H24/c1-9(2)11-7-12-10(3)5-6-13(12)15(4)8-14(11)15/h5,9,11-14H,6-8H2,1-4H3/t11-,12+,13-,14-,15+/m1/s1. The second kappa shape index (κ2) is 2.90. The third-order valence-electron chi connectivity index (χ3n) is 5.86. The molecule has 2 saturated carbocycles. The maximum absolute atomic E-state index is 2.57. The normalized spacial score (nSPS) is 52.5. The second-order valence-corrected chi connectivity index (χ2v) is 6.86.